The van der Waals surface area contributed by atoms with Gasteiger partial charge in [-0.1, -0.05) is 26.8 Å². The minimum atomic E-state index is -3.64. The van der Waals surface area contributed by atoms with E-state index in [1.165, 1.54) is 16.4 Å². The smallest absolute Gasteiger partial charge is 0.335 e. The van der Waals surface area contributed by atoms with Crippen molar-refractivity contribution in [3.63, 3.8) is 0 Å². The molecular formula is C14H21NO4S. The molecule has 1 aromatic rings. The van der Waals surface area contributed by atoms with Crippen molar-refractivity contribution in [1.29, 1.82) is 0 Å². The maximum absolute atomic E-state index is 12.6. The van der Waals surface area contributed by atoms with Crippen LogP contribution in [0.15, 0.2) is 23.1 Å². The average molecular weight is 299 g/mol. The molecule has 0 amide bonds. The van der Waals surface area contributed by atoms with Gasteiger partial charge in [0.25, 0.3) is 0 Å². The van der Waals surface area contributed by atoms with E-state index < -0.39 is 16.0 Å². The van der Waals surface area contributed by atoms with E-state index in [4.69, 9.17) is 5.11 Å². The SMILES string of the molecule is CCCN(CC)S(=O)(=O)c1cc(C(=O)O)ccc1CC. The number of hydrogen-bond acceptors (Lipinski definition) is 3. The third kappa shape index (κ3) is 3.37. The minimum absolute atomic E-state index is 0.00618. The molecule has 1 N–H and O–H groups in total. The number of sulfonamides is 1. The summed E-state index contributed by atoms with van der Waals surface area (Å²) in [6.07, 6.45) is 1.26. The molecule has 0 aliphatic rings. The van der Waals surface area contributed by atoms with E-state index in [9.17, 15) is 13.2 Å². The van der Waals surface area contributed by atoms with Crippen LogP contribution < -0.4 is 0 Å². The zero-order chi connectivity index (χ0) is 15.3. The van der Waals surface area contributed by atoms with Crippen LogP contribution in [0.4, 0.5) is 0 Å². The van der Waals surface area contributed by atoms with E-state index in [2.05, 4.69) is 0 Å². The molecule has 5 nitrogen and oxygen atoms in total. The monoisotopic (exact) mass is 299 g/mol. The normalized spacial score (nSPS) is 11.8. The first-order valence-electron chi connectivity index (χ1n) is 6.74. The lowest BCUT2D eigenvalue weighted by Crippen LogP contribution is -2.32. The van der Waals surface area contributed by atoms with Crippen LogP contribution in [0.1, 0.15) is 43.1 Å². The summed E-state index contributed by atoms with van der Waals surface area (Å²) in [5.74, 6) is -1.12. The van der Waals surface area contributed by atoms with Crippen molar-refractivity contribution in [3.05, 3.63) is 29.3 Å². The molecule has 1 aromatic carbocycles. The maximum atomic E-state index is 12.6. The lowest BCUT2D eigenvalue weighted by atomic mass is 10.1. The van der Waals surface area contributed by atoms with Crippen molar-refractivity contribution in [3.8, 4) is 0 Å². The molecule has 0 fully saturated rings. The van der Waals surface area contributed by atoms with Gasteiger partial charge in [0.15, 0.2) is 0 Å². The molecule has 0 aliphatic carbocycles. The van der Waals surface area contributed by atoms with Crippen molar-refractivity contribution in [2.75, 3.05) is 13.1 Å². The third-order valence-electron chi connectivity index (χ3n) is 3.14. The summed E-state index contributed by atoms with van der Waals surface area (Å²) in [4.78, 5) is 11.1. The molecule has 20 heavy (non-hydrogen) atoms. The highest BCUT2D eigenvalue weighted by molar-refractivity contribution is 7.89. The standard InChI is InChI=1S/C14H21NO4S/c1-4-9-15(6-3)20(18,19)13-10-12(14(16)17)8-7-11(13)5-2/h7-8,10H,4-6,9H2,1-3H3,(H,16,17). The van der Waals surface area contributed by atoms with Crippen molar-refractivity contribution in [2.45, 2.75) is 38.5 Å². The number of benzene rings is 1. The first kappa shape index (κ1) is 16.7. The van der Waals surface area contributed by atoms with Crippen molar-refractivity contribution >= 4 is 16.0 Å². The number of carboxylic acid groups (broad SMARTS) is 1. The molecule has 0 heterocycles. The van der Waals surface area contributed by atoms with Crippen molar-refractivity contribution < 1.29 is 18.3 Å². The highest BCUT2D eigenvalue weighted by Gasteiger charge is 2.25. The predicted octanol–water partition coefficient (Wildman–Crippen LogP) is 2.37. The van der Waals surface area contributed by atoms with E-state index >= 15 is 0 Å². The van der Waals surface area contributed by atoms with Gasteiger partial charge in [0.1, 0.15) is 0 Å². The molecule has 0 radical (unpaired) electrons. The zero-order valence-corrected chi connectivity index (χ0v) is 12.9. The number of hydrogen-bond donors (Lipinski definition) is 1. The summed E-state index contributed by atoms with van der Waals surface area (Å²) in [5, 5.41) is 9.03. The fraction of sp³-hybridized carbons (Fsp3) is 0.500. The first-order chi connectivity index (χ1) is 9.38. The molecule has 0 spiro atoms. The molecule has 6 heteroatoms. The van der Waals surface area contributed by atoms with E-state index in [0.29, 0.717) is 31.5 Å². The van der Waals surface area contributed by atoms with Crippen LogP contribution in [-0.4, -0.2) is 36.9 Å². The Morgan fingerprint density at radius 2 is 1.90 bits per heavy atom. The highest BCUT2D eigenvalue weighted by atomic mass is 32.2. The Morgan fingerprint density at radius 3 is 2.35 bits per heavy atom. The topological polar surface area (TPSA) is 74.7 Å². The van der Waals surface area contributed by atoms with Crippen LogP contribution in [0, 0.1) is 0 Å². The predicted molar refractivity (Wildman–Crippen MR) is 77.5 cm³/mol. The van der Waals surface area contributed by atoms with Gasteiger partial charge < -0.3 is 5.11 Å². The Balaban J connectivity index is 3.41. The van der Waals surface area contributed by atoms with Gasteiger partial charge in [0.05, 0.1) is 10.5 Å². The fourth-order valence-electron chi connectivity index (χ4n) is 2.06. The molecule has 0 unspecified atom stereocenters. The van der Waals surface area contributed by atoms with Gasteiger partial charge in [-0.15, -0.1) is 0 Å². The quantitative estimate of drug-likeness (QED) is 0.838. The van der Waals surface area contributed by atoms with Crippen LogP contribution in [0.5, 0.6) is 0 Å². The second-order valence-corrected chi connectivity index (χ2v) is 6.38. The lowest BCUT2D eigenvalue weighted by Gasteiger charge is -2.21. The van der Waals surface area contributed by atoms with E-state index in [1.54, 1.807) is 13.0 Å². The van der Waals surface area contributed by atoms with E-state index in [-0.39, 0.29) is 10.5 Å². The maximum Gasteiger partial charge on any atom is 0.335 e. The summed E-state index contributed by atoms with van der Waals surface area (Å²) < 4.78 is 26.7. The Hall–Kier alpha value is -1.40. The van der Waals surface area contributed by atoms with Crippen LogP contribution in [-0.2, 0) is 16.4 Å². The molecule has 0 atom stereocenters. The second kappa shape index (κ2) is 6.85. The summed E-state index contributed by atoms with van der Waals surface area (Å²) in [6, 6.07) is 4.28. The number of nitrogens with zero attached hydrogens (tertiary/aromatic N) is 1. The fourth-order valence-corrected chi connectivity index (χ4v) is 3.92. The van der Waals surface area contributed by atoms with E-state index in [1.807, 2.05) is 13.8 Å². The van der Waals surface area contributed by atoms with Gasteiger partial charge in [-0.3, -0.25) is 0 Å². The van der Waals surface area contributed by atoms with Crippen LogP contribution in [0.25, 0.3) is 0 Å². The minimum Gasteiger partial charge on any atom is -0.478 e. The molecule has 0 bridgehead atoms. The van der Waals surface area contributed by atoms with Gasteiger partial charge in [-0.05, 0) is 30.5 Å². The zero-order valence-electron chi connectivity index (χ0n) is 12.1. The largest absolute Gasteiger partial charge is 0.478 e. The third-order valence-corrected chi connectivity index (χ3v) is 5.20. The Morgan fingerprint density at radius 1 is 1.25 bits per heavy atom. The summed E-state index contributed by atoms with van der Waals surface area (Å²) in [7, 11) is -3.64. The average Bonchev–Trinajstić information content (AvgIpc) is 2.43. The number of carboxylic acids is 1. The van der Waals surface area contributed by atoms with Crippen LogP contribution >= 0.6 is 0 Å². The number of aryl methyl sites for hydroxylation is 1. The molecule has 0 aromatic heterocycles. The van der Waals surface area contributed by atoms with Gasteiger partial charge in [-0.2, -0.15) is 4.31 Å². The van der Waals surface area contributed by atoms with Crippen LogP contribution in [0.3, 0.4) is 0 Å². The Bertz CT molecular complexity index is 581. The summed E-state index contributed by atoms with van der Waals surface area (Å²) >= 11 is 0. The number of aromatic carboxylic acids is 1. The Kier molecular flexibility index (Phi) is 5.71. The van der Waals surface area contributed by atoms with Gasteiger partial charge in [0, 0.05) is 13.1 Å². The molecule has 0 aliphatic heterocycles. The second-order valence-electron chi connectivity index (χ2n) is 4.48. The molecule has 112 valence electrons. The Labute approximate surface area is 120 Å². The first-order valence-corrected chi connectivity index (χ1v) is 8.18. The number of carbonyl (C=O) groups is 1. The van der Waals surface area contributed by atoms with E-state index in [0.717, 1.165) is 0 Å². The highest BCUT2D eigenvalue weighted by Crippen LogP contribution is 2.23. The van der Waals surface area contributed by atoms with Crippen molar-refractivity contribution in [2.24, 2.45) is 0 Å². The van der Waals surface area contributed by atoms with Gasteiger partial charge >= 0.3 is 5.97 Å². The molecule has 0 saturated heterocycles. The summed E-state index contributed by atoms with van der Waals surface area (Å²) in [6.45, 7) is 6.34. The molecule has 1 rings (SSSR count). The van der Waals surface area contributed by atoms with Crippen molar-refractivity contribution in [1.82, 2.24) is 4.31 Å². The van der Waals surface area contributed by atoms with Crippen LogP contribution in [0.2, 0.25) is 0 Å². The number of rotatable bonds is 7. The summed E-state index contributed by atoms with van der Waals surface area (Å²) in [5.41, 5.74) is 0.637. The van der Waals surface area contributed by atoms with Gasteiger partial charge in [-0.25, -0.2) is 13.2 Å². The molecular weight excluding hydrogens is 278 g/mol. The van der Waals surface area contributed by atoms with Gasteiger partial charge in [0.2, 0.25) is 10.0 Å². The molecule has 0 saturated carbocycles. The lowest BCUT2D eigenvalue weighted by molar-refractivity contribution is 0.0696.